The number of anilines is 1. The van der Waals surface area contributed by atoms with Gasteiger partial charge in [0, 0.05) is 50.2 Å². The molecule has 1 amide bonds. The van der Waals surface area contributed by atoms with Crippen molar-refractivity contribution in [1.82, 2.24) is 24.8 Å². The van der Waals surface area contributed by atoms with Crippen LogP contribution in [0.15, 0.2) is 55.1 Å². The Bertz CT molecular complexity index is 1250. The van der Waals surface area contributed by atoms with E-state index in [4.69, 9.17) is 0 Å². The maximum absolute atomic E-state index is 13.5. The molecule has 1 atom stereocenters. The predicted octanol–water partition coefficient (Wildman–Crippen LogP) is 5.26. The third-order valence-electron chi connectivity index (χ3n) is 8.40. The van der Waals surface area contributed by atoms with Crippen molar-refractivity contribution in [2.24, 2.45) is 5.92 Å². The second-order valence-electron chi connectivity index (χ2n) is 12.2. The van der Waals surface area contributed by atoms with E-state index in [1.165, 1.54) is 29.4 Å². The first-order chi connectivity index (χ1) is 18.8. The third kappa shape index (κ3) is 6.64. The quantitative estimate of drug-likeness (QED) is 0.453. The summed E-state index contributed by atoms with van der Waals surface area (Å²) in [5, 5.41) is 3.42. The van der Waals surface area contributed by atoms with Crippen LogP contribution in [-0.4, -0.2) is 62.9 Å². The first-order valence-electron chi connectivity index (χ1n) is 14.3. The lowest BCUT2D eigenvalue weighted by Crippen LogP contribution is -2.46. The molecule has 206 valence electrons. The van der Waals surface area contributed by atoms with E-state index in [0.717, 1.165) is 56.8 Å². The van der Waals surface area contributed by atoms with E-state index < -0.39 is 0 Å². The van der Waals surface area contributed by atoms with E-state index in [1.807, 2.05) is 30.3 Å². The van der Waals surface area contributed by atoms with Gasteiger partial charge < -0.3 is 10.2 Å². The zero-order valence-corrected chi connectivity index (χ0v) is 23.9. The minimum Gasteiger partial charge on any atom is -0.366 e. The predicted molar refractivity (Wildman–Crippen MR) is 156 cm³/mol. The molecule has 2 aliphatic heterocycles. The summed E-state index contributed by atoms with van der Waals surface area (Å²) in [5.41, 5.74) is 5.28. The topological polar surface area (TPSA) is 74.2 Å². The molecule has 7 heteroatoms. The molecule has 2 saturated heterocycles. The molecule has 4 heterocycles. The summed E-state index contributed by atoms with van der Waals surface area (Å²) in [6, 6.07) is 13.4. The Balaban J connectivity index is 1.13. The molecule has 5 rings (SSSR count). The number of hydrogen-bond donors (Lipinski definition) is 1. The number of likely N-dealkylation sites (tertiary alicyclic amines) is 2. The van der Waals surface area contributed by atoms with Crippen molar-refractivity contribution in [2.45, 2.75) is 71.4 Å². The van der Waals surface area contributed by atoms with Gasteiger partial charge in [-0.05, 0) is 73.2 Å². The van der Waals surface area contributed by atoms with Gasteiger partial charge in [-0.1, -0.05) is 51.1 Å². The fraction of sp³-hybridized carbons (Fsp3) is 0.500. The van der Waals surface area contributed by atoms with Crippen LogP contribution in [0.3, 0.4) is 0 Å². The summed E-state index contributed by atoms with van der Waals surface area (Å²) in [5.74, 6) is 1.43. The highest BCUT2D eigenvalue weighted by Crippen LogP contribution is 2.28. The third-order valence-corrected chi connectivity index (χ3v) is 8.40. The summed E-state index contributed by atoms with van der Waals surface area (Å²) in [4.78, 5) is 31.2. The number of benzene rings is 1. The fourth-order valence-electron chi connectivity index (χ4n) is 5.95. The van der Waals surface area contributed by atoms with Gasteiger partial charge in [0.25, 0.3) is 5.91 Å². The van der Waals surface area contributed by atoms with Crippen molar-refractivity contribution in [2.75, 3.05) is 31.5 Å². The lowest BCUT2D eigenvalue weighted by Gasteiger charge is -2.37. The van der Waals surface area contributed by atoms with E-state index in [2.05, 4.69) is 76.3 Å². The van der Waals surface area contributed by atoms with E-state index in [0.29, 0.717) is 24.2 Å². The summed E-state index contributed by atoms with van der Waals surface area (Å²) >= 11 is 0. The summed E-state index contributed by atoms with van der Waals surface area (Å²) < 4.78 is 0. The number of aromatic nitrogens is 3. The van der Waals surface area contributed by atoms with Crippen molar-refractivity contribution in [3.05, 3.63) is 83.1 Å². The van der Waals surface area contributed by atoms with Gasteiger partial charge in [0.05, 0.1) is 0 Å². The number of nitrogens with zero attached hydrogens (tertiary/aromatic N) is 5. The van der Waals surface area contributed by atoms with Gasteiger partial charge in [0.1, 0.15) is 17.8 Å². The number of hydrogen-bond acceptors (Lipinski definition) is 6. The monoisotopic (exact) mass is 526 g/mol. The van der Waals surface area contributed by atoms with Crippen LogP contribution in [0.4, 0.5) is 5.82 Å². The molecule has 1 unspecified atom stereocenters. The SMILES string of the molecule is Cc1c(NCc2ccc(C(C)(C)C)cc2)ncnc1C(=O)N1CCC(N2CCC(Cc3cccnc3)C2)CC1. The second-order valence-corrected chi connectivity index (χ2v) is 12.2. The van der Waals surface area contributed by atoms with Crippen molar-refractivity contribution < 1.29 is 4.79 Å². The van der Waals surface area contributed by atoms with Crippen LogP contribution in [0.5, 0.6) is 0 Å². The van der Waals surface area contributed by atoms with Gasteiger partial charge >= 0.3 is 0 Å². The molecule has 39 heavy (non-hydrogen) atoms. The van der Waals surface area contributed by atoms with Crippen molar-refractivity contribution in [1.29, 1.82) is 0 Å². The average Bonchev–Trinajstić information content (AvgIpc) is 3.41. The molecule has 3 aromatic rings. The second kappa shape index (κ2) is 11.8. The normalized spacial score (nSPS) is 18.9. The maximum atomic E-state index is 13.5. The van der Waals surface area contributed by atoms with Gasteiger partial charge in [-0.3, -0.25) is 14.7 Å². The molecule has 1 aromatic carbocycles. The highest BCUT2D eigenvalue weighted by Gasteiger charge is 2.32. The molecule has 0 aliphatic carbocycles. The van der Waals surface area contributed by atoms with Crippen molar-refractivity contribution in [3.63, 3.8) is 0 Å². The molecule has 0 saturated carbocycles. The van der Waals surface area contributed by atoms with Crippen LogP contribution >= 0.6 is 0 Å². The molecule has 2 aliphatic rings. The molecule has 1 N–H and O–H groups in total. The number of amides is 1. The number of carbonyl (C=O) groups is 1. The number of piperidine rings is 1. The first kappa shape index (κ1) is 27.3. The Kier molecular flexibility index (Phi) is 8.26. The Morgan fingerprint density at radius 2 is 1.77 bits per heavy atom. The highest BCUT2D eigenvalue weighted by atomic mass is 16.2. The number of rotatable bonds is 7. The Morgan fingerprint density at radius 3 is 2.46 bits per heavy atom. The Morgan fingerprint density at radius 1 is 1.00 bits per heavy atom. The van der Waals surface area contributed by atoms with Gasteiger partial charge in [0.2, 0.25) is 0 Å². The van der Waals surface area contributed by atoms with E-state index in [9.17, 15) is 4.79 Å². The van der Waals surface area contributed by atoms with E-state index >= 15 is 0 Å². The number of nitrogens with one attached hydrogen (secondary N) is 1. The van der Waals surface area contributed by atoms with E-state index in [-0.39, 0.29) is 11.3 Å². The van der Waals surface area contributed by atoms with Crippen LogP contribution in [0.1, 0.15) is 72.8 Å². The standard InChI is InChI=1S/C32H42N6O/c1-23-29(35-22-36-30(23)34-20-24-7-9-27(10-8-24)32(2,3)4)31(39)37-16-12-28(13-17-37)38-15-11-26(21-38)18-25-6-5-14-33-19-25/h5-10,14,19,22,26,28H,11-13,15-18,20-21H2,1-4H3,(H,34,35,36). The molecule has 0 radical (unpaired) electrons. The van der Waals surface area contributed by atoms with Gasteiger partial charge in [-0.2, -0.15) is 0 Å². The summed E-state index contributed by atoms with van der Waals surface area (Å²) in [6.07, 6.45) is 9.72. The van der Waals surface area contributed by atoms with Crippen LogP contribution in [0.25, 0.3) is 0 Å². The van der Waals surface area contributed by atoms with Crippen LogP contribution in [0, 0.1) is 12.8 Å². The molecule has 2 fully saturated rings. The van der Waals surface area contributed by atoms with Crippen LogP contribution in [-0.2, 0) is 18.4 Å². The van der Waals surface area contributed by atoms with Crippen molar-refractivity contribution in [3.8, 4) is 0 Å². The molecule has 0 bridgehead atoms. The molecule has 7 nitrogen and oxygen atoms in total. The first-order valence-corrected chi connectivity index (χ1v) is 14.3. The van der Waals surface area contributed by atoms with Crippen LogP contribution < -0.4 is 5.32 Å². The van der Waals surface area contributed by atoms with Gasteiger partial charge in [0.15, 0.2) is 0 Å². The Hall–Kier alpha value is -3.32. The smallest absolute Gasteiger partial charge is 0.272 e. The van der Waals surface area contributed by atoms with Crippen molar-refractivity contribution >= 4 is 11.7 Å². The summed E-state index contributed by atoms with van der Waals surface area (Å²) in [6.45, 7) is 13.1. The number of pyridine rings is 1. The van der Waals surface area contributed by atoms with E-state index in [1.54, 1.807) is 0 Å². The molecule has 0 spiro atoms. The largest absolute Gasteiger partial charge is 0.366 e. The average molecular weight is 527 g/mol. The zero-order chi connectivity index (χ0) is 27.4. The highest BCUT2D eigenvalue weighted by molar-refractivity contribution is 5.94. The zero-order valence-electron chi connectivity index (χ0n) is 23.9. The van der Waals surface area contributed by atoms with Gasteiger partial charge in [-0.25, -0.2) is 9.97 Å². The molecular weight excluding hydrogens is 484 g/mol. The Labute approximate surface area is 233 Å². The molecule has 2 aromatic heterocycles. The minimum atomic E-state index is 0.0156. The van der Waals surface area contributed by atoms with Crippen LogP contribution in [0.2, 0.25) is 0 Å². The molecular formula is C32H42N6O. The summed E-state index contributed by atoms with van der Waals surface area (Å²) in [7, 11) is 0. The minimum absolute atomic E-state index is 0.0156. The maximum Gasteiger partial charge on any atom is 0.272 e. The lowest BCUT2D eigenvalue weighted by atomic mass is 9.87. The van der Waals surface area contributed by atoms with Gasteiger partial charge in [-0.15, -0.1) is 0 Å². The number of carbonyl (C=O) groups excluding carboxylic acids is 1. The fourth-order valence-corrected chi connectivity index (χ4v) is 5.95. The lowest BCUT2D eigenvalue weighted by molar-refractivity contribution is 0.0634.